The van der Waals surface area contributed by atoms with Gasteiger partial charge in [-0.2, -0.15) is 13.2 Å². The number of hydrogen-bond donors (Lipinski definition) is 0. The molecule has 1 aromatic rings. The molecule has 0 aliphatic rings. The van der Waals surface area contributed by atoms with Crippen molar-refractivity contribution in [1.82, 2.24) is 0 Å². The molecule has 20 heavy (non-hydrogen) atoms. The largest absolute Gasteiger partial charge is 0.417 e. The van der Waals surface area contributed by atoms with Crippen LogP contribution in [0.2, 0.25) is 0 Å². The first kappa shape index (κ1) is 16.1. The number of halogens is 4. The molecule has 0 spiro atoms. The molecule has 0 amide bonds. The van der Waals surface area contributed by atoms with Gasteiger partial charge in [-0.05, 0) is 23.6 Å². The van der Waals surface area contributed by atoms with E-state index in [0.29, 0.717) is 6.07 Å². The molecule has 110 valence electrons. The number of benzene rings is 1. The van der Waals surface area contributed by atoms with Crippen molar-refractivity contribution in [3.63, 3.8) is 0 Å². The highest BCUT2D eigenvalue weighted by Gasteiger charge is 2.33. The Hall–Kier alpha value is -1.92. The molecule has 0 aliphatic carbocycles. The number of nitro groups is 1. The molecule has 0 saturated heterocycles. The maximum atomic E-state index is 12.9. The average molecular weight is 291 g/mol. The predicted octanol–water partition coefficient (Wildman–Crippen LogP) is 4.51. The Morgan fingerprint density at radius 3 is 2.45 bits per heavy atom. The van der Waals surface area contributed by atoms with Crippen molar-refractivity contribution in [2.45, 2.75) is 26.4 Å². The van der Waals surface area contributed by atoms with Gasteiger partial charge in [0.25, 0.3) is 0 Å². The van der Waals surface area contributed by atoms with Crippen LogP contribution in [0.4, 0.5) is 17.6 Å². The highest BCUT2D eigenvalue weighted by Crippen LogP contribution is 2.34. The fraction of sp³-hybridized carbons (Fsp3) is 0.385. The van der Waals surface area contributed by atoms with Crippen molar-refractivity contribution in [1.29, 1.82) is 0 Å². The van der Waals surface area contributed by atoms with E-state index in [-0.39, 0.29) is 18.0 Å². The highest BCUT2D eigenvalue weighted by atomic mass is 19.4. The molecule has 0 aromatic heterocycles. The fourth-order valence-electron chi connectivity index (χ4n) is 1.68. The predicted molar refractivity (Wildman–Crippen MR) is 65.8 cm³/mol. The van der Waals surface area contributed by atoms with Crippen LogP contribution < -0.4 is 0 Å². The van der Waals surface area contributed by atoms with E-state index in [1.807, 2.05) is 0 Å². The molecular formula is C13H13F4NO2. The lowest BCUT2D eigenvalue weighted by molar-refractivity contribution is -0.427. The van der Waals surface area contributed by atoms with Gasteiger partial charge in [-0.25, -0.2) is 4.39 Å². The van der Waals surface area contributed by atoms with E-state index in [1.54, 1.807) is 13.8 Å². The summed E-state index contributed by atoms with van der Waals surface area (Å²) in [6, 6.07) is 2.06. The Labute approximate surface area is 113 Å². The second-order valence-electron chi connectivity index (χ2n) is 4.72. The minimum absolute atomic E-state index is 0.0294. The smallest absolute Gasteiger partial charge is 0.259 e. The van der Waals surface area contributed by atoms with E-state index in [1.165, 1.54) is 0 Å². The third-order valence-electron chi connectivity index (χ3n) is 2.49. The van der Waals surface area contributed by atoms with Crippen molar-refractivity contribution >= 4 is 6.08 Å². The molecule has 0 N–H and O–H groups in total. The lowest BCUT2D eigenvalue weighted by Gasteiger charge is -2.10. The molecular weight excluding hydrogens is 278 g/mol. The normalized spacial score (nSPS) is 12.8. The van der Waals surface area contributed by atoms with Crippen molar-refractivity contribution in [2.75, 3.05) is 0 Å². The zero-order valence-corrected chi connectivity index (χ0v) is 10.9. The van der Waals surface area contributed by atoms with Gasteiger partial charge >= 0.3 is 6.18 Å². The van der Waals surface area contributed by atoms with Gasteiger partial charge in [-0.1, -0.05) is 19.9 Å². The van der Waals surface area contributed by atoms with Crippen molar-refractivity contribution < 1.29 is 22.5 Å². The summed E-state index contributed by atoms with van der Waals surface area (Å²) in [5.74, 6) is -1.12. The molecule has 3 nitrogen and oxygen atoms in total. The Bertz CT molecular complexity index is 536. The van der Waals surface area contributed by atoms with Crippen LogP contribution in [0, 0.1) is 21.8 Å². The van der Waals surface area contributed by atoms with Crippen LogP contribution in [0.3, 0.4) is 0 Å². The first-order valence-corrected chi connectivity index (χ1v) is 5.83. The quantitative estimate of drug-likeness (QED) is 0.465. The lowest BCUT2D eigenvalue weighted by atomic mass is 10.0. The van der Waals surface area contributed by atoms with Crippen LogP contribution in [0.25, 0.3) is 6.08 Å². The van der Waals surface area contributed by atoms with Crippen LogP contribution in [0.15, 0.2) is 23.9 Å². The van der Waals surface area contributed by atoms with Gasteiger partial charge in [-0.3, -0.25) is 10.1 Å². The van der Waals surface area contributed by atoms with E-state index in [4.69, 9.17) is 0 Å². The van der Waals surface area contributed by atoms with Crippen LogP contribution in [-0.4, -0.2) is 4.92 Å². The third-order valence-corrected chi connectivity index (χ3v) is 2.49. The Morgan fingerprint density at radius 1 is 1.40 bits per heavy atom. The second-order valence-corrected chi connectivity index (χ2v) is 4.72. The van der Waals surface area contributed by atoms with Crippen molar-refractivity contribution in [2.24, 2.45) is 5.92 Å². The van der Waals surface area contributed by atoms with Gasteiger partial charge in [0.15, 0.2) is 0 Å². The summed E-state index contributed by atoms with van der Waals surface area (Å²) in [4.78, 5) is 10.1. The number of nitrogens with zero attached hydrogens (tertiary/aromatic N) is 1. The number of rotatable bonds is 4. The van der Waals surface area contributed by atoms with E-state index in [9.17, 15) is 27.7 Å². The molecule has 0 fully saturated rings. The van der Waals surface area contributed by atoms with Gasteiger partial charge in [0, 0.05) is 12.5 Å². The summed E-state index contributed by atoms with van der Waals surface area (Å²) in [6.07, 6.45) is -3.89. The van der Waals surface area contributed by atoms with Gasteiger partial charge < -0.3 is 0 Å². The molecule has 1 aromatic carbocycles. The SMILES string of the molecule is CC(C)C/C(=C/c1ccc(F)cc1C(F)(F)F)[N+](=O)[O-]. The molecule has 0 atom stereocenters. The van der Waals surface area contributed by atoms with Gasteiger partial charge in [0.1, 0.15) is 5.82 Å². The van der Waals surface area contributed by atoms with Gasteiger partial charge in [-0.15, -0.1) is 0 Å². The summed E-state index contributed by atoms with van der Waals surface area (Å²) < 4.78 is 51.3. The second kappa shape index (κ2) is 6.02. The Kier molecular flexibility index (Phi) is 4.86. The fourth-order valence-corrected chi connectivity index (χ4v) is 1.68. The zero-order chi connectivity index (χ0) is 15.5. The lowest BCUT2D eigenvalue weighted by Crippen LogP contribution is -2.09. The topological polar surface area (TPSA) is 43.1 Å². The molecule has 0 saturated carbocycles. The molecule has 7 heteroatoms. The van der Waals surface area contributed by atoms with Gasteiger partial charge in [0.05, 0.1) is 10.5 Å². The third kappa shape index (κ3) is 4.32. The summed E-state index contributed by atoms with van der Waals surface area (Å²) in [7, 11) is 0. The maximum Gasteiger partial charge on any atom is 0.417 e. The molecule has 0 bridgehead atoms. The number of hydrogen-bond acceptors (Lipinski definition) is 2. The summed E-state index contributed by atoms with van der Waals surface area (Å²) in [6.45, 7) is 3.43. The maximum absolute atomic E-state index is 12.9. The number of allylic oxidation sites excluding steroid dienone is 1. The van der Waals surface area contributed by atoms with E-state index < -0.39 is 28.0 Å². The minimum atomic E-state index is -4.77. The van der Waals surface area contributed by atoms with E-state index >= 15 is 0 Å². The van der Waals surface area contributed by atoms with Gasteiger partial charge in [0.2, 0.25) is 5.70 Å². The Morgan fingerprint density at radius 2 is 2.00 bits per heavy atom. The molecule has 0 aliphatic heterocycles. The highest BCUT2D eigenvalue weighted by molar-refractivity contribution is 5.56. The first-order chi connectivity index (χ1) is 9.11. The van der Waals surface area contributed by atoms with Crippen LogP contribution >= 0.6 is 0 Å². The average Bonchev–Trinajstić information content (AvgIpc) is 2.28. The number of alkyl halides is 3. The minimum Gasteiger partial charge on any atom is -0.259 e. The van der Waals surface area contributed by atoms with E-state index in [2.05, 4.69) is 0 Å². The van der Waals surface area contributed by atoms with E-state index in [0.717, 1.165) is 18.2 Å². The molecule has 0 heterocycles. The van der Waals surface area contributed by atoms with Crippen molar-refractivity contribution in [3.8, 4) is 0 Å². The molecule has 1 rings (SSSR count). The zero-order valence-electron chi connectivity index (χ0n) is 10.9. The summed E-state index contributed by atoms with van der Waals surface area (Å²) in [5, 5.41) is 10.8. The summed E-state index contributed by atoms with van der Waals surface area (Å²) in [5.41, 5.74) is -1.97. The van der Waals surface area contributed by atoms with Crippen LogP contribution in [0.5, 0.6) is 0 Å². The monoisotopic (exact) mass is 291 g/mol. The first-order valence-electron chi connectivity index (χ1n) is 5.83. The standard InChI is InChI=1S/C13H13F4NO2/c1-8(2)5-11(18(19)20)6-9-3-4-10(14)7-12(9)13(15,16)17/h3-4,6-8H,5H2,1-2H3/b11-6-. The van der Waals surface area contributed by atoms with Crippen LogP contribution in [0.1, 0.15) is 31.4 Å². The van der Waals surface area contributed by atoms with Crippen molar-refractivity contribution in [3.05, 3.63) is 51.0 Å². The molecule has 0 unspecified atom stereocenters. The molecule has 0 radical (unpaired) electrons. The Balaban J connectivity index is 3.34. The summed E-state index contributed by atoms with van der Waals surface area (Å²) >= 11 is 0. The van der Waals surface area contributed by atoms with Crippen LogP contribution in [-0.2, 0) is 6.18 Å².